The molecule has 0 aliphatic carbocycles. The number of nitrogens with one attached hydrogen (secondary N) is 1. The maximum atomic E-state index is 13.4. The summed E-state index contributed by atoms with van der Waals surface area (Å²) >= 11 is 7.54. The highest BCUT2D eigenvalue weighted by Crippen LogP contribution is 2.49. The summed E-state index contributed by atoms with van der Waals surface area (Å²) in [4.78, 5) is 13.3. The second-order valence-electron chi connectivity index (χ2n) is 6.68. The topological polar surface area (TPSA) is 117 Å². The highest BCUT2D eigenvalue weighted by atomic mass is 35.5. The van der Waals surface area contributed by atoms with Crippen molar-refractivity contribution in [1.82, 2.24) is 9.88 Å². The summed E-state index contributed by atoms with van der Waals surface area (Å²) in [6.07, 6.45) is 0. The molecule has 1 aliphatic rings. The van der Waals surface area contributed by atoms with Gasteiger partial charge in [0.25, 0.3) is 10.0 Å². The van der Waals surface area contributed by atoms with E-state index in [1.165, 1.54) is 29.9 Å². The summed E-state index contributed by atoms with van der Waals surface area (Å²) in [5.74, 6) is -1.23. The van der Waals surface area contributed by atoms with Crippen molar-refractivity contribution in [3.8, 4) is 17.2 Å². The number of nitrogens with zero attached hydrogens (tertiary/aromatic N) is 1. The number of thiophene rings is 1. The van der Waals surface area contributed by atoms with E-state index in [0.29, 0.717) is 28.3 Å². The third-order valence-corrected chi connectivity index (χ3v) is 7.37. The zero-order valence-corrected chi connectivity index (χ0v) is 19.0. The van der Waals surface area contributed by atoms with Gasteiger partial charge in [0.2, 0.25) is 18.4 Å². The number of carbonyl (C=O) groups excluding carboxylic acids is 1. The van der Waals surface area contributed by atoms with Crippen molar-refractivity contribution >= 4 is 38.9 Å². The number of amides is 1. The molecule has 0 saturated heterocycles. The molecule has 164 valence electrons. The summed E-state index contributed by atoms with van der Waals surface area (Å²) in [6, 6.07) is 3.07. The Balaban J connectivity index is 1.88. The molecule has 3 aromatic rings. The Morgan fingerprint density at radius 1 is 1.35 bits per heavy atom. The highest BCUT2D eigenvalue weighted by Gasteiger charge is 2.38. The second-order valence-corrected chi connectivity index (χ2v) is 9.52. The van der Waals surface area contributed by atoms with E-state index in [9.17, 15) is 13.2 Å². The number of ether oxygens (including phenoxy) is 3. The van der Waals surface area contributed by atoms with E-state index >= 15 is 0 Å². The normalized spacial score (nSPS) is 13.8. The third-order valence-electron chi connectivity index (χ3n) is 4.74. The van der Waals surface area contributed by atoms with Crippen LogP contribution in [0, 0.1) is 13.8 Å². The van der Waals surface area contributed by atoms with Gasteiger partial charge in [0.15, 0.2) is 17.3 Å². The fourth-order valence-electron chi connectivity index (χ4n) is 3.30. The van der Waals surface area contributed by atoms with E-state index in [1.54, 1.807) is 25.3 Å². The SMILES string of the molecule is COc1c2c(cc(C)c1C(C(=O)NS(=O)(=O)c1ccsc1)c1onc(C)c1Cl)OCO2. The van der Waals surface area contributed by atoms with Crippen LogP contribution in [0.3, 0.4) is 0 Å². The van der Waals surface area contributed by atoms with Crippen LogP contribution in [0.15, 0.2) is 32.3 Å². The Morgan fingerprint density at radius 3 is 2.74 bits per heavy atom. The Morgan fingerprint density at radius 2 is 2.13 bits per heavy atom. The number of methoxy groups -OCH3 is 1. The van der Waals surface area contributed by atoms with Gasteiger partial charge in [-0.15, -0.1) is 0 Å². The molecule has 0 radical (unpaired) electrons. The molecule has 1 aliphatic heterocycles. The largest absolute Gasteiger partial charge is 0.492 e. The fourth-order valence-corrected chi connectivity index (χ4v) is 5.50. The maximum absolute atomic E-state index is 13.4. The van der Waals surface area contributed by atoms with E-state index in [-0.39, 0.29) is 28.2 Å². The van der Waals surface area contributed by atoms with Crippen molar-refractivity contribution in [2.45, 2.75) is 24.7 Å². The molecule has 1 aromatic carbocycles. The van der Waals surface area contributed by atoms with Crippen molar-refractivity contribution in [2.24, 2.45) is 0 Å². The van der Waals surface area contributed by atoms with Crippen LogP contribution >= 0.6 is 22.9 Å². The number of rotatable bonds is 6. The summed E-state index contributed by atoms with van der Waals surface area (Å²) in [6.45, 7) is 3.32. The molecule has 1 N–H and O–H groups in total. The molecule has 2 aromatic heterocycles. The van der Waals surface area contributed by atoms with Gasteiger partial charge in [-0.1, -0.05) is 16.8 Å². The minimum atomic E-state index is -4.12. The van der Waals surface area contributed by atoms with Crippen LogP contribution in [0.5, 0.6) is 17.2 Å². The van der Waals surface area contributed by atoms with Gasteiger partial charge in [-0.2, -0.15) is 11.3 Å². The molecule has 1 atom stereocenters. The number of aryl methyl sites for hydroxylation is 2. The minimum Gasteiger partial charge on any atom is -0.492 e. The highest BCUT2D eigenvalue weighted by molar-refractivity contribution is 7.90. The van der Waals surface area contributed by atoms with Crippen molar-refractivity contribution in [1.29, 1.82) is 0 Å². The van der Waals surface area contributed by atoms with Crippen molar-refractivity contribution in [3.05, 3.63) is 50.5 Å². The van der Waals surface area contributed by atoms with Gasteiger partial charge in [0.1, 0.15) is 10.9 Å². The average Bonchev–Trinajstić information content (AvgIpc) is 3.46. The lowest BCUT2D eigenvalue weighted by atomic mass is 9.90. The molecule has 0 bridgehead atoms. The number of carbonyl (C=O) groups is 1. The van der Waals surface area contributed by atoms with Crippen LogP contribution in [-0.2, 0) is 14.8 Å². The van der Waals surface area contributed by atoms with Crippen molar-refractivity contribution < 1.29 is 31.9 Å². The lowest BCUT2D eigenvalue weighted by Crippen LogP contribution is -2.35. The molecular weight excluding hydrogens is 468 g/mol. The van der Waals surface area contributed by atoms with Crippen LogP contribution in [-0.4, -0.2) is 33.4 Å². The molecule has 1 unspecified atom stereocenters. The van der Waals surface area contributed by atoms with E-state index in [0.717, 1.165) is 0 Å². The lowest BCUT2D eigenvalue weighted by molar-refractivity contribution is -0.120. The molecule has 31 heavy (non-hydrogen) atoms. The van der Waals surface area contributed by atoms with Crippen molar-refractivity contribution in [3.63, 3.8) is 0 Å². The quantitative estimate of drug-likeness (QED) is 0.565. The summed E-state index contributed by atoms with van der Waals surface area (Å²) in [7, 11) is -2.71. The summed E-state index contributed by atoms with van der Waals surface area (Å²) in [5.41, 5.74) is 1.26. The van der Waals surface area contributed by atoms with Gasteiger partial charge in [-0.3, -0.25) is 4.79 Å². The van der Waals surface area contributed by atoms with Gasteiger partial charge in [0, 0.05) is 10.9 Å². The Labute approximate surface area is 186 Å². The monoisotopic (exact) mass is 484 g/mol. The summed E-state index contributed by atoms with van der Waals surface area (Å²) < 4.78 is 49.3. The Hall–Kier alpha value is -2.76. The molecular formula is C19H17ClN2O7S2. The lowest BCUT2D eigenvalue weighted by Gasteiger charge is -2.21. The summed E-state index contributed by atoms with van der Waals surface area (Å²) in [5, 5.41) is 6.94. The molecule has 1 amide bonds. The third kappa shape index (κ3) is 3.73. The number of benzene rings is 1. The zero-order valence-electron chi connectivity index (χ0n) is 16.6. The average molecular weight is 485 g/mol. The standard InChI is InChI=1S/C19H17ClN2O7S2/c1-9-6-12-16(28-8-27-12)18(26-3)13(9)14(17-15(20)10(2)21-29-17)19(23)22-31(24,25)11-4-5-30-7-11/h4-7,14H,8H2,1-3H3,(H,22,23). The molecule has 0 spiro atoms. The Bertz CT molecular complexity index is 1250. The molecule has 4 rings (SSSR count). The van der Waals surface area contributed by atoms with Gasteiger partial charge in [-0.05, 0) is 36.9 Å². The van der Waals surface area contributed by atoms with Crippen LogP contribution in [0.2, 0.25) is 5.02 Å². The number of fused-ring (bicyclic) bond motifs is 1. The van der Waals surface area contributed by atoms with Crippen LogP contribution in [0.1, 0.15) is 28.5 Å². The molecule has 9 nitrogen and oxygen atoms in total. The van der Waals surface area contributed by atoms with Gasteiger partial charge in [-0.25, -0.2) is 13.1 Å². The number of sulfonamides is 1. The first kappa shape index (κ1) is 21.5. The second kappa shape index (κ2) is 8.06. The predicted octanol–water partition coefficient (Wildman–Crippen LogP) is 3.38. The van der Waals surface area contributed by atoms with Gasteiger partial charge in [0.05, 0.1) is 17.7 Å². The Kier molecular flexibility index (Phi) is 5.58. The maximum Gasteiger partial charge on any atom is 0.264 e. The first-order valence-corrected chi connectivity index (χ1v) is 11.7. The molecule has 3 heterocycles. The van der Waals surface area contributed by atoms with E-state index in [1.807, 2.05) is 0 Å². The van der Waals surface area contributed by atoms with E-state index < -0.39 is 21.8 Å². The van der Waals surface area contributed by atoms with Crippen molar-refractivity contribution in [2.75, 3.05) is 13.9 Å². The predicted molar refractivity (Wildman–Crippen MR) is 112 cm³/mol. The van der Waals surface area contributed by atoms with Crippen LogP contribution in [0.25, 0.3) is 0 Å². The number of halogens is 1. The number of aromatic nitrogens is 1. The minimum absolute atomic E-state index is 0.0137. The van der Waals surface area contributed by atoms with Gasteiger partial charge < -0.3 is 18.7 Å². The van der Waals surface area contributed by atoms with Crippen LogP contribution < -0.4 is 18.9 Å². The smallest absolute Gasteiger partial charge is 0.264 e. The number of hydrogen-bond donors (Lipinski definition) is 1. The zero-order chi connectivity index (χ0) is 22.3. The first-order chi connectivity index (χ1) is 14.7. The molecule has 0 saturated carbocycles. The van der Waals surface area contributed by atoms with E-state index in [4.69, 9.17) is 30.3 Å². The molecule has 0 fully saturated rings. The first-order valence-electron chi connectivity index (χ1n) is 8.92. The van der Waals surface area contributed by atoms with Gasteiger partial charge >= 0.3 is 0 Å². The molecule has 12 heteroatoms. The van der Waals surface area contributed by atoms with Crippen LogP contribution in [0.4, 0.5) is 0 Å². The number of hydrogen-bond acceptors (Lipinski definition) is 9. The van der Waals surface area contributed by atoms with E-state index in [2.05, 4.69) is 9.88 Å². The fraction of sp³-hybridized carbons (Fsp3) is 0.263.